The van der Waals surface area contributed by atoms with E-state index in [2.05, 4.69) is 71.3 Å². The summed E-state index contributed by atoms with van der Waals surface area (Å²) < 4.78 is 74.9. The van der Waals surface area contributed by atoms with Crippen molar-refractivity contribution in [3.63, 3.8) is 0 Å². The fourth-order valence-corrected chi connectivity index (χ4v) is 8.41. The van der Waals surface area contributed by atoms with E-state index in [1.54, 1.807) is 0 Å². The zero-order valence-corrected chi connectivity index (χ0v) is 29.5. The van der Waals surface area contributed by atoms with Crippen LogP contribution in [0.2, 0.25) is 0 Å². The number of para-hydroxylation sites is 4. The third-order valence-electron chi connectivity index (χ3n) is 10.8. The van der Waals surface area contributed by atoms with Crippen molar-refractivity contribution in [3.8, 4) is 34.4 Å². The smallest absolute Gasteiger partial charge is 0.238 e. The highest BCUT2D eigenvalue weighted by atomic mass is 15.2. The van der Waals surface area contributed by atoms with Crippen LogP contribution in [0.25, 0.3) is 110 Å². The lowest BCUT2D eigenvalue weighted by molar-refractivity contribution is 0.952. The molecule has 0 N–H and O–H groups in total. The molecule has 0 fully saturated rings. The highest BCUT2D eigenvalue weighted by molar-refractivity contribution is 6.26. The average Bonchev–Trinajstić information content (AvgIpc) is 3.88. The van der Waals surface area contributed by atoms with E-state index in [1.807, 2.05) is 72.8 Å². The SMILES string of the molecule is [2H]c1c([2H])c([2H])c2c(c1[2H])c1c([2H])c([2H])c([2H])c([2H])c1n2-c1nc(-c2ccccc2)nc(-c2cc3c4ccccc4c4ccccc4c3cc2-n2c3ccccc3c3ccccc32)n1. The lowest BCUT2D eigenvalue weighted by Gasteiger charge is -2.18. The quantitative estimate of drug-likeness (QED) is 0.170. The van der Waals surface area contributed by atoms with Crippen molar-refractivity contribution >= 4 is 75.9 Å². The van der Waals surface area contributed by atoms with E-state index in [4.69, 9.17) is 23.2 Å². The monoisotopic (exact) mass is 721 g/mol. The van der Waals surface area contributed by atoms with Gasteiger partial charge in [0.05, 0.1) is 38.7 Å². The van der Waals surface area contributed by atoms with Crippen molar-refractivity contribution in [3.05, 3.63) is 188 Å². The summed E-state index contributed by atoms with van der Waals surface area (Å²) in [5, 5.41) is 8.25. The first kappa shape index (κ1) is 23.9. The van der Waals surface area contributed by atoms with Gasteiger partial charge in [-0.1, -0.05) is 152 Å². The Bertz CT molecular complexity index is 3880. The van der Waals surface area contributed by atoms with E-state index >= 15 is 0 Å². The van der Waals surface area contributed by atoms with Gasteiger partial charge in [-0.25, -0.2) is 4.98 Å². The van der Waals surface area contributed by atoms with E-state index in [-0.39, 0.29) is 39.4 Å². The number of benzene rings is 9. The zero-order valence-electron chi connectivity index (χ0n) is 37.5. The van der Waals surface area contributed by atoms with E-state index < -0.39 is 48.3 Å². The van der Waals surface area contributed by atoms with Crippen LogP contribution in [-0.2, 0) is 0 Å². The van der Waals surface area contributed by atoms with Crippen molar-refractivity contribution in [2.45, 2.75) is 0 Å². The fourth-order valence-electron chi connectivity index (χ4n) is 8.41. The van der Waals surface area contributed by atoms with Gasteiger partial charge in [-0.3, -0.25) is 4.57 Å². The van der Waals surface area contributed by atoms with Crippen LogP contribution in [0, 0.1) is 0 Å². The maximum atomic E-state index is 9.24. The summed E-state index contributed by atoms with van der Waals surface area (Å²) in [5.74, 6) is 0.390. The topological polar surface area (TPSA) is 48.5 Å². The average molecular weight is 722 g/mol. The van der Waals surface area contributed by atoms with Gasteiger partial charge in [-0.15, -0.1) is 0 Å². The van der Waals surface area contributed by atoms with Crippen LogP contribution in [-0.4, -0.2) is 24.1 Å². The second kappa shape index (κ2) is 11.9. The molecule has 0 atom stereocenters. The second-order valence-corrected chi connectivity index (χ2v) is 13.8. The molecule has 12 aromatic rings. The molecule has 0 aliphatic heterocycles. The van der Waals surface area contributed by atoms with E-state index in [1.165, 1.54) is 4.57 Å². The number of fused-ring (bicyclic) bond motifs is 12. The Balaban J connectivity index is 1.30. The molecule has 0 saturated heterocycles. The van der Waals surface area contributed by atoms with Crippen molar-refractivity contribution in [2.24, 2.45) is 0 Å². The first-order chi connectivity index (χ1) is 31.1. The molecule has 0 bridgehead atoms. The lowest BCUT2D eigenvalue weighted by Crippen LogP contribution is -2.08. The lowest BCUT2D eigenvalue weighted by atomic mass is 9.92. The molecule has 56 heavy (non-hydrogen) atoms. The van der Waals surface area contributed by atoms with Crippen molar-refractivity contribution in [1.29, 1.82) is 0 Å². The summed E-state index contributed by atoms with van der Waals surface area (Å²) in [4.78, 5) is 15.4. The van der Waals surface area contributed by atoms with Crippen molar-refractivity contribution < 1.29 is 11.0 Å². The van der Waals surface area contributed by atoms with Crippen LogP contribution in [0.4, 0.5) is 0 Å². The van der Waals surface area contributed by atoms with Gasteiger partial charge in [0.25, 0.3) is 0 Å². The number of aromatic nitrogens is 5. The first-order valence-corrected chi connectivity index (χ1v) is 18.3. The normalized spacial score (nSPS) is 13.9. The summed E-state index contributed by atoms with van der Waals surface area (Å²) in [7, 11) is 0. The predicted octanol–water partition coefficient (Wildman–Crippen LogP) is 12.9. The summed E-state index contributed by atoms with van der Waals surface area (Å²) >= 11 is 0. The molecule has 0 spiro atoms. The molecule has 0 amide bonds. The predicted molar refractivity (Wildman–Crippen MR) is 232 cm³/mol. The number of hydrogen-bond donors (Lipinski definition) is 0. The molecular formula is C51H31N5. The van der Waals surface area contributed by atoms with Crippen molar-refractivity contribution in [1.82, 2.24) is 24.1 Å². The molecule has 3 heterocycles. The zero-order chi connectivity index (χ0) is 43.7. The Morgan fingerprint density at radius 2 is 0.821 bits per heavy atom. The van der Waals surface area contributed by atoms with Crippen molar-refractivity contribution in [2.75, 3.05) is 0 Å². The van der Waals surface area contributed by atoms with Crippen LogP contribution in [0.3, 0.4) is 0 Å². The van der Waals surface area contributed by atoms with Crippen LogP contribution >= 0.6 is 0 Å². The Labute approximate surface area is 332 Å². The minimum Gasteiger partial charge on any atom is -0.308 e. The molecule has 3 aromatic heterocycles. The van der Waals surface area contributed by atoms with Crippen LogP contribution in [0.15, 0.2) is 188 Å². The summed E-state index contributed by atoms with van der Waals surface area (Å²) in [6, 6.07) is 42.9. The van der Waals surface area contributed by atoms with Crippen LogP contribution in [0.5, 0.6) is 0 Å². The van der Waals surface area contributed by atoms with Gasteiger partial charge in [0.1, 0.15) is 0 Å². The Hall–Kier alpha value is -7.63. The Kier molecular flexibility index (Phi) is 5.10. The summed E-state index contributed by atoms with van der Waals surface area (Å²) in [6.45, 7) is 0. The highest BCUT2D eigenvalue weighted by Crippen LogP contribution is 2.42. The van der Waals surface area contributed by atoms with Gasteiger partial charge in [-0.2, -0.15) is 9.97 Å². The molecule has 0 radical (unpaired) electrons. The van der Waals surface area contributed by atoms with Gasteiger partial charge in [-0.05, 0) is 68.7 Å². The molecule has 5 heteroatoms. The molecule has 0 saturated carbocycles. The van der Waals surface area contributed by atoms with Crippen LogP contribution < -0.4 is 0 Å². The second-order valence-electron chi connectivity index (χ2n) is 13.8. The van der Waals surface area contributed by atoms with E-state index in [0.717, 1.165) is 59.8 Å². The third kappa shape index (κ3) is 4.46. The molecule has 260 valence electrons. The maximum Gasteiger partial charge on any atom is 0.238 e. The number of hydrogen-bond acceptors (Lipinski definition) is 3. The number of nitrogens with zero attached hydrogens (tertiary/aromatic N) is 5. The Morgan fingerprint density at radius 1 is 0.357 bits per heavy atom. The summed E-state index contributed by atoms with van der Waals surface area (Å²) in [6.07, 6.45) is 0. The summed E-state index contributed by atoms with van der Waals surface area (Å²) in [5.41, 5.74) is 3.79. The highest BCUT2D eigenvalue weighted by Gasteiger charge is 2.23. The Morgan fingerprint density at radius 3 is 1.41 bits per heavy atom. The molecule has 9 aromatic carbocycles. The maximum absolute atomic E-state index is 9.24. The molecular weight excluding hydrogens is 683 g/mol. The molecule has 12 rings (SSSR count). The van der Waals surface area contributed by atoms with Crippen LogP contribution in [0.1, 0.15) is 11.0 Å². The largest absolute Gasteiger partial charge is 0.308 e. The minimum atomic E-state index is -0.531. The molecule has 5 nitrogen and oxygen atoms in total. The molecule has 0 aliphatic carbocycles. The van der Waals surface area contributed by atoms with E-state index in [9.17, 15) is 2.74 Å². The van der Waals surface area contributed by atoms with E-state index in [0.29, 0.717) is 11.1 Å². The molecule has 0 unspecified atom stereocenters. The third-order valence-corrected chi connectivity index (χ3v) is 10.8. The standard InChI is InChI=1S/C51H31N5/c1-2-16-32(17-3-1)49-52-50(54-51(53-49)56-46-28-14-10-24-39(46)40-25-11-15-29-47(40)56)43-30-41-35-20-6-4-18-33(35)34-19-5-7-21-36(34)42(41)31-48(43)55-44-26-12-8-22-37(44)38-23-9-13-27-45(38)55/h1-31H/i10D,11D,14D,15D,24D,25D,28D,29D. The van der Waals surface area contributed by atoms with Gasteiger partial charge >= 0.3 is 0 Å². The van der Waals surface area contributed by atoms with Gasteiger partial charge in [0.2, 0.25) is 5.95 Å². The van der Waals surface area contributed by atoms with Gasteiger partial charge in [0, 0.05) is 32.7 Å². The van der Waals surface area contributed by atoms with Gasteiger partial charge in [0.15, 0.2) is 11.6 Å². The van der Waals surface area contributed by atoms with Gasteiger partial charge < -0.3 is 4.57 Å². The first-order valence-electron chi connectivity index (χ1n) is 22.3. The fraction of sp³-hybridized carbons (Fsp3) is 0. The number of rotatable bonds is 4. The minimum absolute atomic E-state index is 0.0637. The molecule has 0 aliphatic rings.